The molecule has 4 atom stereocenters. The maximum Gasteiger partial charge on any atom is 0.415 e. The fraction of sp³-hybridized carbons (Fsp3) is 0.690. The molecule has 4 heterocycles. The summed E-state index contributed by atoms with van der Waals surface area (Å²) in [6.45, 7) is 6.77. The average Bonchev–Trinajstić information content (AvgIpc) is 3.36. The van der Waals surface area contributed by atoms with Gasteiger partial charge in [-0.05, 0) is 93.5 Å². The van der Waals surface area contributed by atoms with Crippen LogP contribution in [0.5, 0.6) is 5.88 Å². The van der Waals surface area contributed by atoms with Crippen LogP contribution in [-0.2, 0) is 19.4 Å². The van der Waals surface area contributed by atoms with Crippen LogP contribution >= 0.6 is 0 Å². The van der Waals surface area contributed by atoms with Crippen molar-refractivity contribution < 1.29 is 32.2 Å². The molecule has 4 unspecified atom stereocenters. The molecule has 1 aromatic heterocycles. The van der Waals surface area contributed by atoms with Gasteiger partial charge in [-0.1, -0.05) is 31.5 Å². The van der Waals surface area contributed by atoms with Crippen LogP contribution in [-0.4, -0.2) is 80.8 Å². The van der Waals surface area contributed by atoms with Crippen molar-refractivity contribution in [1.82, 2.24) is 15.0 Å². The van der Waals surface area contributed by atoms with Crippen molar-refractivity contribution in [3.05, 3.63) is 35.5 Å². The Morgan fingerprint density at radius 2 is 1.93 bits per heavy atom. The van der Waals surface area contributed by atoms with Gasteiger partial charge in [-0.15, -0.1) is 0 Å². The monoisotopic (exact) mass is 590 g/mol. The number of carbonyl (C=O) groups excluding carboxylic acids is 1. The molecule has 3 aliphatic heterocycles. The zero-order valence-corrected chi connectivity index (χ0v) is 24.7. The Bertz CT molecular complexity index is 1250. The van der Waals surface area contributed by atoms with E-state index in [1.54, 1.807) is 18.2 Å². The molecule has 0 amide bonds. The van der Waals surface area contributed by atoms with Gasteiger partial charge in [0.15, 0.2) is 0 Å². The van der Waals surface area contributed by atoms with E-state index in [0.717, 1.165) is 25.3 Å². The number of carbonyl (C=O) groups is 1. The summed E-state index contributed by atoms with van der Waals surface area (Å²) in [5.74, 6) is 0.668. The van der Waals surface area contributed by atoms with Gasteiger partial charge in [0.1, 0.15) is 13.2 Å². The second-order valence-electron chi connectivity index (χ2n) is 11.5. The number of hydrogen-bond acceptors (Lipinski definition) is 10. The fourth-order valence-corrected chi connectivity index (χ4v) is 8.45. The molecule has 1 aromatic carbocycles. The number of hydrogen-bond donors (Lipinski definition) is 0. The standard InChI is InChI=1S/C29H42N4O7S/c1-2-3-16-32-21-22-10-8-17-31-18-9-13-24(27(22)31)25(32)14-7-15-26(34)38-19-20-39-28-29(33(35)40-30-28)41(36,37)23-11-5-4-6-12-23/h4-6,11-12,22,24-25,27H,2-3,7-10,13-21H2,1H3. The molecule has 12 heteroatoms. The zero-order chi connectivity index (χ0) is 28.8. The molecule has 3 saturated heterocycles. The highest BCUT2D eigenvalue weighted by molar-refractivity contribution is 7.91. The van der Waals surface area contributed by atoms with Gasteiger partial charge in [-0.3, -0.25) is 19.2 Å². The van der Waals surface area contributed by atoms with Crippen molar-refractivity contribution in [2.24, 2.45) is 11.8 Å². The molecule has 0 spiro atoms. The molecule has 11 nitrogen and oxygen atoms in total. The Hall–Kier alpha value is -2.70. The third-order valence-electron chi connectivity index (χ3n) is 8.90. The summed E-state index contributed by atoms with van der Waals surface area (Å²) in [7, 11) is -4.20. The number of nitrogens with zero attached hydrogens (tertiary/aromatic N) is 4. The second-order valence-corrected chi connectivity index (χ2v) is 13.3. The number of benzene rings is 1. The van der Waals surface area contributed by atoms with Crippen LogP contribution in [0.3, 0.4) is 0 Å². The topological polar surface area (TPSA) is 129 Å². The van der Waals surface area contributed by atoms with Crippen molar-refractivity contribution >= 4 is 15.8 Å². The molecular formula is C29H42N4O7S. The fourth-order valence-electron chi connectivity index (χ4n) is 7.16. The number of esters is 1. The molecule has 3 fully saturated rings. The molecule has 0 saturated carbocycles. The van der Waals surface area contributed by atoms with Crippen LogP contribution in [0, 0.1) is 17.0 Å². The first kappa shape index (κ1) is 29.8. The van der Waals surface area contributed by atoms with Gasteiger partial charge in [0.25, 0.3) is 9.84 Å². The first-order chi connectivity index (χ1) is 19.9. The van der Waals surface area contributed by atoms with Crippen LogP contribution in [0.4, 0.5) is 0 Å². The first-order valence-electron chi connectivity index (χ1n) is 15.1. The lowest BCUT2D eigenvalue weighted by molar-refractivity contribution is -0.832. The highest BCUT2D eigenvalue weighted by Gasteiger charge is 2.48. The van der Waals surface area contributed by atoms with Gasteiger partial charge in [0.05, 0.1) is 10.1 Å². The molecule has 5 rings (SSSR count). The summed E-state index contributed by atoms with van der Waals surface area (Å²) in [4.78, 5) is 17.7. The van der Waals surface area contributed by atoms with E-state index in [1.807, 2.05) is 0 Å². The Balaban J connectivity index is 1.10. The summed E-state index contributed by atoms with van der Waals surface area (Å²) in [6, 6.07) is 8.69. The molecule has 0 aliphatic carbocycles. The van der Waals surface area contributed by atoms with Crippen molar-refractivity contribution in [2.75, 3.05) is 39.4 Å². The third kappa shape index (κ3) is 6.70. The Labute approximate surface area is 242 Å². The van der Waals surface area contributed by atoms with E-state index in [2.05, 4.69) is 26.5 Å². The summed E-state index contributed by atoms with van der Waals surface area (Å²) in [6.07, 6.45) is 9.66. The molecule has 226 valence electrons. The predicted octanol–water partition coefficient (Wildman–Crippen LogP) is 3.21. The second kappa shape index (κ2) is 13.5. The average molecular weight is 591 g/mol. The van der Waals surface area contributed by atoms with Crippen LogP contribution in [0.15, 0.2) is 44.9 Å². The molecular weight excluding hydrogens is 548 g/mol. The van der Waals surface area contributed by atoms with Crippen LogP contribution in [0.2, 0.25) is 0 Å². The SMILES string of the molecule is CCCCN1CC2CCCN3CCCC(C1CCCC(=O)OCCOc1no[n+]([O-])c1S(=O)(=O)c1ccccc1)C23. The van der Waals surface area contributed by atoms with E-state index >= 15 is 0 Å². The van der Waals surface area contributed by atoms with Gasteiger partial charge in [0, 0.05) is 25.0 Å². The zero-order valence-electron chi connectivity index (χ0n) is 23.9. The van der Waals surface area contributed by atoms with Crippen molar-refractivity contribution in [3.8, 4) is 5.88 Å². The lowest BCUT2D eigenvalue weighted by Crippen LogP contribution is -2.64. The van der Waals surface area contributed by atoms with Gasteiger partial charge in [-0.2, -0.15) is 0 Å². The van der Waals surface area contributed by atoms with Crippen LogP contribution < -0.4 is 9.64 Å². The molecule has 0 radical (unpaired) electrons. The highest BCUT2D eigenvalue weighted by atomic mass is 32.2. The van der Waals surface area contributed by atoms with Crippen LogP contribution in [0.25, 0.3) is 0 Å². The van der Waals surface area contributed by atoms with E-state index in [9.17, 15) is 18.4 Å². The smallest absolute Gasteiger partial charge is 0.415 e. The maximum atomic E-state index is 12.9. The lowest BCUT2D eigenvalue weighted by atomic mass is 9.69. The number of sulfone groups is 1. The van der Waals surface area contributed by atoms with E-state index < -0.39 is 20.7 Å². The van der Waals surface area contributed by atoms with Gasteiger partial charge in [-0.25, -0.2) is 8.42 Å². The van der Waals surface area contributed by atoms with E-state index in [1.165, 1.54) is 70.3 Å². The summed E-state index contributed by atoms with van der Waals surface area (Å²) < 4.78 is 40.9. The summed E-state index contributed by atoms with van der Waals surface area (Å²) in [5.41, 5.74) is 0. The first-order valence-corrected chi connectivity index (χ1v) is 16.5. The van der Waals surface area contributed by atoms with Crippen molar-refractivity contribution in [1.29, 1.82) is 0 Å². The third-order valence-corrected chi connectivity index (χ3v) is 10.6. The van der Waals surface area contributed by atoms with E-state index in [-0.39, 0.29) is 29.0 Å². The number of ether oxygens (including phenoxy) is 2. The number of unbranched alkanes of at least 4 members (excludes halogenated alkanes) is 1. The summed E-state index contributed by atoms with van der Waals surface area (Å²) >= 11 is 0. The lowest BCUT2D eigenvalue weighted by Gasteiger charge is -2.57. The largest absolute Gasteiger partial charge is 0.462 e. The number of rotatable bonds is 13. The molecule has 2 aromatic rings. The van der Waals surface area contributed by atoms with Crippen molar-refractivity contribution in [2.45, 2.75) is 86.7 Å². The quantitative estimate of drug-likeness (QED) is 0.195. The number of piperidine rings is 3. The predicted molar refractivity (Wildman–Crippen MR) is 149 cm³/mol. The van der Waals surface area contributed by atoms with Gasteiger partial charge < -0.3 is 14.7 Å². The number of likely N-dealkylation sites (tertiary alicyclic amines) is 1. The Morgan fingerprint density at radius 3 is 2.71 bits per heavy atom. The minimum Gasteiger partial charge on any atom is -0.462 e. The summed E-state index contributed by atoms with van der Waals surface area (Å²) in [5, 5.41) is 14.7. The van der Waals surface area contributed by atoms with Crippen molar-refractivity contribution in [3.63, 3.8) is 0 Å². The van der Waals surface area contributed by atoms with Gasteiger partial charge in [0.2, 0.25) is 0 Å². The molecule has 0 bridgehead atoms. The molecule has 3 aliphatic rings. The maximum absolute atomic E-state index is 12.9. The van der Waals surface area contributed by atoms with E-state index in [4.69, 9.17) is 9.47 Å². The van der Waals surface area contributed by atoms with Gasteiger partial charge >= 0.3 is 16.9 Å². The molecule has 41 heavy (non-hydrogen) atoms. The molecule has 0 N–H and O–H groups in total. The Morgan fingerprint density at radius 1 is 1.15 bits per heavy atom. The Kier molecular flexibility index (Phi) is 9.82. The minimum atomic E-state index is -4.20. The highest BCUT2D eigenvalue weighted by Crippen LogP contribution is 2.43. The minimum absolute atomic E-state index is 0.0877. The van der Waals surface area contributed by atoms with Crippen LogP contribution in [0.1, 0.15) is 64.7 Å². The van der Waals surface area contributed by atoms with E-state index in [0.29, 0.717) is 24.4 Å². The normalized spacial score (nSPS) is 25.0. The number of aromatic nitrogens is 2.